The molecule has 1 aromatic rings. The van der Waals surface area contributed by atoms with Crippen molar-refractivity contribution in [3.05, 3.63) is 41.0 Å². The second-order valence-electron chi connectivity index (χ2n) is 5.16. The molecule has 0 spiro atoms. The lowest BCUT2D eigenvalue weighted by atomic mass is 10.1. The van der Waals surface area contributed by atoms with Gasteiger partial charge in [-0.25, -0.2) is 4.79 Å². The minimum atomic E-state index is -0.352. The van der Waals surface area contributed by atoms with Crippen molar-refractivity contribution in [2.75, 3.05) is 20.3 Å². The fourth-order valence-corrected chi connectivity index (χ4v) is 1.84. The summed E-state index contributed by atoms with van der Waals surface area (Å²) in [5.74, 6) is 0.957. The number of methoxy groups -OCH3 is 1. The van der Waals surface area contributed by atoms with Gasteiger partial charge >= 0.3 is 5.97 Å². The van der Waals surface area contributed by atoms with Gasteiger partial charge in [0.15, 0.2) is 11.5 Å². The van der Waals surface area contributed by atoms with Crippen LogP contribution in [-0.2, 0) is 9.53 Å². The second-order valence-corrected chi connectivity index (χ2v) is 5.16. The van der Waals surface area contributed by atoms with Crippen LogP contribution in [-0.4, -0.2) is 26.3 Å². The van der Waals surface area contributed by atoms with E-state index in [-0.39, 0.29) is 5.97 Å². The largest absolute Gasteiger partial charge is 0.493 e. The van der Waals surface area contributed by atoms with Crippen LogP contribution < -0.4 is 9.47 Å². The summed E-state index contributed by atoms with van der Waals surface area (Å²) in [5, 5.41) is 0. The van der Waals surface area contributed by atoms with Crippen molar-refractivity contribution in [1.82, 2.24) is 0 Å². The summed E-state index contributed by atoms with van der Waals surface area (Å²) < 4.78 is 15.9. The van der Waals surface area contributed by atoms with Gasteiger partial charge in [0.05, 0.1) is 13.7 Å². The van der Waals surface area contributed by atoms with Gasteiger partial charge in [0, 0.05) is 6.08 Å². The molecule has 120 valence electrons. The molecule has 1 rings (SSSR count). The van der Waals surface area contributed by atoms with E-state index < -0.39 is 0 Å². The highest BCUT2D eigenvalue weighted by atomic mass is 16.5. The molecule has 0 atom stereocenters. The van der Waals surface area contributed by atoms with Crippen LogP contribution in [0.15, 0.2) is 35.4 Å². The van der Waals surface area contributed by atoms with Gasteiger partial charge in [0.1, 0.15) is 6.61 Å². The minimum Gasteiger partial charge on any atom is -0.493 e. The zero-order valence-corrected chi connectivity index (χ0v) is 13.9. The first-order valence-corrected chi connectivity index (χ1v) is 7.26. The van der Waals surface area contributed by atoms with Crippen molar-refractivity contribution >= 4 is 12.0 Å². The molecule has 4 heteroatoms. The molecule has 0 aliphatic heterocycles. The summed E-state index contributed by atoms with van der Waals surface area (Å²) in [6.07, 6.45) is 3.51. The maximum Gasteiger partial charge on any atom is 0.330 e. The molecule has 0 fully saturated rings. The standard InChI is InChI=1S/C18H24O4/c1-6-21-18(19)10-14(4)12-22-16-8-7-15(9-13(2)3)11-17(16)20-5/h7-11H,6,12H2,1-5H3/b14-10+. The van der Waals surface area contributed by atoms with E-state index in [0.717, 1.165) is 11.1 Å². The van der Waals surface area contributed by atoms with E-state index in [1.807, 2.05) is 39.0 Å². The van der Waals surface area contributed by atoms with E-state index in [9.17, 15) is 4.79 Å². The SMILES string of the molecule is CCOC(=O)/C=C(\C)COc1ccc(C=C(C)C)cc1OC. The molecule has 0 heterocycles. The third-order valence-corrected chi connectivity index (χ3v) is 2.75. The summed E-state index contributed by atoms with van der Waals surface area (Å²) in [6, 6.07) is 5.76. The van der Waals surface area contributed by atoms with Crippen LogP contribution in [0.3, 0.4) is 0 Å². The highest BCUT2D eigenvalue weighted by molar-refractivity contribution is 5.82. The Kier molecular flexibility index (Phi) is 7.23. The number of rotatable bonds is 7. The van der Waals surface area contributed by atoms with Gasteiger partial charge in [0.2, 0.25) is 0 Å². The third kappa shape index (κ3) is 6.04. The number of allylic oxidation sites excluding steroid dienone is 1. The average Bonchev–Trinajstić information content (AvgIpc) is 2.45. The number of hydrogen-bond donors (Lipinski definition) is 0. The molecule has 0 bridgehead atoms. The molecule has 4 nitrogen and oxygen atoms in total. The molecule has 0 aliphatic rings. The molecular weight excluding hydrogens is 280 g/mol. The molecule has 0 saturated heterocycles. The zero-order chi connectivity index (χ0) is 16.5. The van der Waals surface area contributed by atoms with Gasteiger partial charge in [-0.3, -0.25) is 0 Å². The number of benzene rings is 1. The summed E-state index contributed by atoms with van der Waals surface area (Å²) in [5.41, 5.74) is 3.06. The number of esters is 1. The van der Waals surface area contributed by atoms with Crippen LogP contribution in [0.2, 0.25) is 0 Å². The van der Waals surface area contributed by atoms with Crippen LogP contribution >= 0.6 is 0 Å². The zero-order valence-electron chi connectivity index (χ0n) is 13.9. The second kappa shape index (κ2) is 8.93. The van der Waals surface area contributed by atoms with Crippen molar-refractivity contribution in [3.8, 4) is 11.5 Å². The maximum atomic E-state index is 11.3. The quantitative estimate of drug-likeness (QED) is 0.564. The van der Waals surface area contributed by atoms with Crippen molar-refractivity contribution in [2.45, 2.75) is 27.7 Å². The first kappa shape index (κ1) is 17.8. The lowest BCUT2D eigenvalue weighted by Crippen LogP contribution is -2.05. The van der Waals surface area contributed by atoms with Gasteiger partial charge in [0.25, 0.3) is 0 Å². The van der Waals surface area contributed by atoms with E-state index >= 15 is 0 Å². The Morgan fingerprint density at radius 2 is 1.91 bits per heavy atom. The molecule has 0 radical (unpaired) electrons. The van der Waals surface area contributed by atoms with Gasteiger partial charge < -0.3 is 14.2 Å². The van der Waals surface area contributed by atoms with Crippen molar-refractivity contribution in [3.63, 3.8) is 0 Å². The average molecular weight is 304 g/mol. The molecule has 0 aromatic heterocycles. The number of ether oxygens (including phenoxy) is 3. The topological polar surface area (TPSA) is 44.8 Å². The van der Waals surface area contributed by atoms with Crippen LogP contribution in [0, 0.1) is 0 Å². The van der Waals surface area contributed by atoms with Gasteiger partial charge in [-0.1, -0.05) is 17.7 Å². The van der Waals surface area contributed by atoms with Gasteiger partial charge in [-0.05, 0) is 51.0 Å². The number of carbonyl (C=O) groups excluding carboxylic acids is 1. The Balaban J connectivity index is 2.77. The lowest BCUT2D eigenvalue weighted by Gasteiger charge is -2.11. The Morgan fingerprint density at radius 1 is 1.18 bits per heavy atom. The first-order chi connectivity index (χ1) is 10.5. The summed E-state index contributed by atoms with van der Waals surface area (Å²) in [4.78, 5) is 11.3. The van der Waals surface area contributed by atoms with Crippen molar-refractivity contribution in [1.29, 1.82) is 0 Å². The molecule has 0 aliphatic carbocycles. The Morgan fingerprint density at radius 3 is 2.50 bits per heavy atom. The molecular formula is C18H24O4. The fraction of sp³-hybridized carbons (Fsp3) is 0.389. The lowest BCUT2D eigenvalue weighted by molar-refractivity contribution is -0.137. The van der Waals surface area contributed by atoms with E-state index in [4.69, 9.17) is 14.2 Å². The van der Waals surface area contributed by atoms with Gasteiger partial charge in [-0.2, -0.15) is 0 Å². The van der Waals surface area contributed by atoms with E-state index in [1.54, 1.807) is 14.0 Å². The monoisotopic (exact) mass is 304 g/mol. The fourth-order valence-electron chi connectivity index (χ4n) is 1.84. The molecule has 1 aromatic carbocycles. The molecule has 22 heavy (non-hydrogen) atoms. The first-order valence-electron chi connectivity index (χ1n) is 7.26. The normalized spacial score (nSPS) is 10.9. The molecule has 0 unspecified atom stereocenters. The van der Waals surface area contributed by atoms with Gasteiger partial charge in [-0.15, -0.1) is 0 Å². The molecule has 0 N–H and O–H groups in total. The number of hydrogen-bond acceptors (Lipinski definition) is 4. The number of carbonyl (C=O) groups is 1. The Labute approximate surface area is 132 Å². The van der Waals surface area contributed by atoms with E-state index in [1.165, 1.54) is 11.6 Å². The summed E-state index contributed by atoms with van der Waals surface area (Å²) in [6.45, 7) is 8.35. The predicted molar refractivity (Wildman–Crippen MR) is 88.2 cm³/mol. The Hall–Kier alpha value is -2.23. The van der Waals surface area contributed by atoms with Crippen LogP contribution in [0.4, 0.5) is 0 Å². The van der Waals surface area contributed by atoms with Crippen molar-refractivity contribution in [2.24, 2.45) is 0 Å². The van der Waals surface area contributed by atoms with Crippen LogP contribution in [0.25, 0.3) is 6.08 Å². The highest BCUT2D eigenvalue weighted by Gasteiger charge is 2.06. The van der Waals surface area contributed by atoms with Crippen LogP contribution in [0.1, 0.15) is 33.3 Å². The minimum absolute atomic E-state index is 0.303. The van der Waals surface area contributed by atoms with Crippen molar-refractivity contribution < 1.29 is 19.0 Å². The molecule has 0 saturated carbocycles. The summed E-state index contributed by atoms with van der Waals surface area (Å²) >= 11 is 0. The smallest absolute Gasteiger partial charge is 0.330 e. The summed E-state index contributed by atoms with van der Waals surface area (Å²) in [7, 11) is 1.61. The van der Waals surface area contributed by atoms with E-state index in [2.05, 4.69) is 6.08 Å². The van der Waals surface area contributed by atoms with Crippen LogP contribution in [0.5, 0.6) is 11.5 Å². The van der Waals surface area contributed by atoms with E-state index in [0.29, 0.717) is 24.7 Å². The predicted octanol–water partition coefficient (Wildman–Crippen LogP) is 4.01. The maximum absolute atomic E-state index is 11.3. The third-order valence-electron chi connectivity index (χ3n) is 2.75. The molecule has 0 amide bonds. The Bertz CT molecular complexity index is 566. The highest BCUT2D eigenvalue weighted by Crippen LogP contribution is 2.29.